The Morgan fingerprint density at radius 2 is 2.00 bits per heavy atom. The van der Waals surface area contributed by atoms with E-state index in [-0.39, 0.29) is 11.3 Å². The van der Waals surface area contributed by atoms with Crippen LogP contribution in [0.2, 0.25) is 0 Å². The molecule has 1 aliphatic rings. The summed E-state index contributed by atoms with van der Waals surface area (Å²) in [7, 11) is 1.57. The Kier molecular flexibility index (Phi) is 3.04. The lowest BCUT2D eigenvalue weighted by atomic mass is 9.69. The number of aromatic hydroxyl groups is 1. The van der Waals surface area contributed by atoms with Gasteiger partial charge in [-0.25, -0.2) is 0 Å². The predicted molar refractivity (Wildman–Crippen MR) is 68.5 cm³/mol. The van der Waals surface area contributed by atoms with E-state index in [0.29, 0.717) is 11.7 Å². The van der Waals surface area contributed by atoms with Gasteiger partial charge in [0.25, 0.3) is 0 Å². The molecule has 1 fully saturated rings. The molecule has 94 valence electrons. The number of phenols is 1. The van der Waals surface area contributed by atoms with Gasteiger partial charge < -0.3 is 15.6 Å². The smallest absolute Gasteiger partial charge is 0.163 e. The summed E-state index contributed by atoms with van der Waals surface area (Å²) < 4.78 is 5.18. The van der Waals surface area contributed by atoms with Crippen LogP contribution in [0.5, 0.6) is 11.5 Å². The lowest BCUT2D eigenvalue weighted by molar-refractivity contribution is 0.240. The fourth-order valence-corrected chi connectivity index (χ4v) is 2.56. The normalized spacial score (nSPS) is 17.9. The Labute approximate surface area is 103 Å². The van der Waals surface area contributed by atoms with Crippen LogP contribution in [0.25, 0.3) is 0 Å². The quantitative estimate of drug-likeness (QED) is 0.847. The number of hydrogen-bond donors (Lipinski definition) is 2. The summed E-state index contributed by atoms with van der Waals surface area (Å²) in [5.41, 5.74) is 8.03. The summed E-state index contributed by atoms with van der Waals surface area (Å²) in [6.07, 6.45) is 3.01. The molecule has 3 nitrogen and oxygen atoms in total. The molecule has 1 saturated carbocycles. The third kappa shape index (κ3) is 1.89. The lowest BCUT2D eigenvalue weighted by Gasteiger charge is -2.41. The van der Waals surface area contributed by atoms with Crippen molar-refractivity contribution in [2.75, 3.05) is 7.11 Å². The Morgan fingerprint density at radius 3 is 2.41 bits per heavy atom. The van der Waals surface area contributed by atoms with Crippen LogP contribution in [0.4, 0.5) is 0 Å². The zero-order valence-corrected chi connectivity index (χ0v) is 10.8. The van der Waals surface area contributed by atoms with E-state index < -0.39 is 0 Å². The molecular formula is C14H21NO2. The SMILES string of the molecule is COc1ccc(C(C)C)c(C2(N)CCC2)c1O. The maximum atomic E-state index is 10.3. The minimum absolute atomic E-state index is 0.223. The first-order valence-electron chi connectivity index (χ1n) is 6.19. The van der Waals surface area contributed by atoms with Crippen molar-refractivity contribution in [2.45, 2.75) is 44.6 Å². The third-order valence-electron chi connectivity index (χ3n) is 3.76. The molecule has 0 unspecified atom stereocenters. The zero-order chi connectivity index (χ0) is 12.6. The molecule has 3 N–H and O–H groups in total. The Morgan fingerprint density at radius 1 is 1.35 bits per heavy atom. The summed E-state index contributed by atoms with van der Waals surface area (Å²) in [6.45, 7) is 4.24. The van der Waals surface area contributed by atoms with Crippen LogP contribution < -0.4 is 10.5 Å². The van der Waals surface area contributed by atoms with E-state index in [2.05, 4.69) is 13.8 Å². The molecule has 0 spiro atoms. The van der Waals surface area contributed by atoms with Crippen molar-refractivity contribution in [1.82, 2.24) is 0 Å². The van der Waals surface area contributed by atoms with E-state index in [0.717, 1.165) is 30.4 Å². The van der Waals surface area contributed by atoms with Crippen LogP contribution in [0, 0.1) is 0 Å². The van der Waals surface area contributed by atoms with Crippen molar-refractivity contribution in [3.63, 3.8) is 0 Å². The molecule has 0 radical (unpaired) electrons. The first kappa shape index (κ1) is 12.2. The van der Waals surface area contributed by atoms with E-state index in [1.807, 2.05) is 12.1 Å². The monoisotopic (exact) mass is 235 g/mol. The van der Waals surface area contributed by atoms with Crippen LogP contribution in [0.3, 0.4) is 0 Å². The van der Waals surface area contributed by atoms with Gasteiger partial charge in [-0.1, -0.05) is 19.9 Å². The first-order chi connectivity index (χ1) is 7.99. The van der Waals surface area contributed by atoms with Gasteiger partial charge in [-0.05, 0) is 36.8 Å². The van der Waals surface area contributed by atoms with Gasteiger partial charge in [0.15, 0.2) is 11.5 Å². The van der Waals surface area contributed by atoms with Gasteiger partial charge in [-0.2, -0.15) is 0 Å². The molecule has 0 heterocycles. The van der Waals surface area contributed by atoms with E-state index in [4.69, 9.17) is 10.5 Å². The molecule has 17 heavy (non-hydrogen) atoms. The molecule has 1 aromatic rings. The Hall–Kier alpha value is -1.22. The highest BCUT2D eigenvalue weighted by Crippen LogP contribution is 2.48. The third-order valence-corrected chi connectivity index (χ3v) is 3.76. The second kappa shape index (κ2) is 4.22. The molecule has 1 aliphatic carbocycles. The van der Waals surface area contributed by atoms with Gasteiger partial charge in [-0.15, -0.1) is 0 Å². The largest absolute Gasteiger partial charge is 0.504 e. The van der Waals surface area contributed by atoms with E-state index in [9.17, 15) is 5.11 Å². The van der Waals surface area contributed by atoms with Gasteiger partial charge in [-0.3, -0.25) is 0 Å². The number of benzene rings is 1. The van der Waals surface area contributed by atoms with Crippen molar-refractivity contribution < 1.29 is 9.84 Å². The van der Waals surface area contributed by atoms with Crippen LogP contribution in [0.1, 0.15) is 50.2 Å². The van der Waals surface area contributed by atoms with Gasteiger partial charge >= 0.3 is 0 Å². The van der Waals surface area contributed by atoms with E-state index >= 15 is 0 Å². The molecule has 0 amide bonds. The molecule has 0 aliphatic heterocycles. The second-order valence-corrected chi connectivity index (χ2v) is 5.25. The Balaban J connectivity index is 2.59. The fraction of sp³-hybridized carbons (Fsp3) is 0.571. The number of rotatable bonds is 3. The van der Waals surface area contributed by atoms with Crippen molar-refractivity contribution >= 4 is 0 Å². The van der Waals surface area contributed by atoms with Gasteiger partial charge in [0.05, 0.1) is 7.11 Å². The predicted octanol–water partition coefficient (Wildman–Crippen LogP) is 2.86. The van der Waals surface area contributed by atoms with E-state index in [1.165, 1.54) is 0 Å². The molecule has 2 rings (SSSR count). The van der Waals surface area contributed by atoms with Crippen molar-refractivity contribution in [3.8, 4) is 11.5 Å². The van der Waals surface area contributed by atoms with Gasteiger partial charge in [0.2, 0.25) is 0 Å². The standard InChI is InChI=1S/C14H21NO2/c1-9(2)10-5-6-11(17-3)13(16)12(10)14(15)7-4-8-14/h5-6,9,16H,4,7-8,15H2,1-3H3. The minimum Gasteiger partial charge on any atom is -0.504 e. The average molecular weight is 235 g/mol. The Bertz CT molecular complexity index is 422. The van der Waals surface area contributed by atoms with Gasteiger partial charge in [0.1, 0.15) is 0 Å². The number of nitrogens with two attached hydrogens (primary N) is 1. The molecule has 1 aromatic carbocycles. The summed E-state index contributed by atoms with van der Waals surface area (Å²) in [5, 5.41) is 10.3. The second-order valence-electron chi connectivity index (χ2n) is 5.25. The van der Waals surface area contributed by atoms with Gasteiger partial charge in [0, 0.05) is 11.1 Å². The van der Waals surface area contributed by atoms with Crippen LogP contribution in [-0.2, 0) is 5.54 Å². The van der Waals surface area contributed by atoms with Crippen molar-refractivity contribution in [2.24, 2.45) is 5.73 Å². The molecular weight excluding hydrogens is 214 g/mol. The van der Waals surface area contributed by atoms with Crippen molar-refractivity contribution in [3.05, 3.63) is 23.3 Å². The lowest BCUT2D eigenvalue weighted by Crippen LogP contribution is -2.44. The molecule has 0 atom stereocenters. The number of ether oxygens (including phenoxy) is 1. The summed E-state index contributed by atoms with van der Waals surface area (Å²) >= 11 is 0. The van der Waals surface area contributed by atoms with E-state index in [1.54, 1.807) is 7.11 Å². The minimum atomic E-state index is -0.363. The molecule has 0 saturated heterocycles. The number of phenolic OH excluding ortho intramolecular Hbond substituents is 1. The average Bonchev–Trinajstić information content (AvgIpc) is 2.25. The highest BCUT2D eigenvalue weighted by Gasteiger charge is 2.39. The topological polar surface area (TPSA) is 55.5 Å². The summed E-state index contributed by atoms with van der Waals surface area (Å²) in [5.74, 6) is 1.09. The highest BCUT2D eigenvalue weighted by molar-refractivity contribution is 5.54. The highest BCUT2D eigenvalue weighted by atomic mass is 16.5. The van der Waals surface area contributed by atoms with Crippen molar-refractivity contribution in [1.29, 1.82) is 0 Å². The summed E-state index contributed by atoms with van der Waals surface area (Å²) in [4.78, 5) is 0. The maximum Gasteiger partial charge on any atom is 0.163 e. The molecule has 0 aromatic heterocycles. The van der Waals surface area contributed by atoms with Crippen LogP contribution in [-0.4, -0.2) is 12.2 Å². The first-order valence-corrected chi connectivity index (χ1v) is 6.19. The molecule has 0 bridgehead atoms. The fourth-order valence-electron chi connectivity index (χ4n) is 2.56. The van der Waals surface area contributed by atoms with Crippen LogP contribution in [0.15, 0.2) is 12.1 Å². The summed E-state index contributed by atoms with van der Waals surface area (Å²) in [6, 6.07) is 3.83. The maximum absolute atomic E-state index is 10.3. The zero-order valence-electron chi connectivity index (χ0n) is 10.8. The number of methoxy groups -OCH3 is 1. The number of hydrogen-bond acceptors (Lipinski definition) is 3. The molecule has 3 heteroatoms. The van der Waals surface area contributed by atoms with Crippen LogP contribution >= 0.6 is 0 Å².